The number of rotatable bonds is 5. The first-order valence-electron chi connectivity index (χ1n) is 6.90. The molecule has 0 saturated heterocycles. The molecule has 0 saturated carbocycles. The van der Waals surface area contributed by atoms with Gasteiger partial charge in [-0.1, -0.05) is 6.92 Å². The Kier molecular flexibility index (Phi) is 5.09. The number of anilines is 1. The maximum atomic E-state index is 12.2. The summed E-state index contributed by atoms with van der Waals surface area (Å²) in [5.74, 6) is -0.197. The van der Waals surface area contributed by atoms with E-state index in [2.05, 4.69) is 31.3 Å². The van der Waals surface area contributed by atoms with Crippen LogP contribution in [0.15, 0.2) is 22.8 Å². The number of halogens is 1. The maximum Gasteiger partial charge on any atom is 0.312 e. The molecule has 8 nitrogen and oxygen atoms in total. The highest BCUT2D eigenvalue weighted by Gasteiger charge is 2.24. The summed E-state index contributed by atoms with van der Waals surface area (Å²) in [4.78, 5) is 26.8. The number of hydrogen-bond donors (Lipinski definition) is 1. The molecule has 0 aliphatic carbocycles. The number of aromatic nitrogens is 3. The zero-order chi connectivity index (χ0) is 17.1. The molecule has 2 heterocycles. The third kappa shape index (κ3) is 3.92. The Morgan fingerprint density at radius 2 is 2.17 bits per heavy atom. The molecule has 1 N–H and O–H groups in total. The first kappa shape index (κ1) is 17.1. The first-order chi connectivity index (χ1) is 10.8. The number of nitrogens with zero attached hydrogens (tertiary/aromatic N) is 4. The van der Waals surface area contributed by atoms with Gasteiger partial charge in [-0.3, -0.25) is 19.6 Å². The zero-order valence-corrected chi connectivity index (χ0v) is 14.5. The minimum absolute atomic E-state index is 0.00724. The fourth-order valence-corrected chi connectivity index (χ4v) is 2.41. The molecule has 1 atom stereocenters. The number of carbonyl (C=O) groups is 1. The van der Waals surface area contributed by atoms with E-state index in [9.17, 15) is 14.9 Å². The predicted octanol–water partition coefficient (Wildman–Crippen LogP) is 2.84. The highest BCUT2D eigenvalue weighted by atomic mass is 79.9. The van der Waals surface area contributed by atoms with Crippen LogP contribution in [-0.2, 0) is 11.3 Å². The van der Waals surface area contributed by atoms with Gasteiger partial charge in [-0.25, -0.2) is 4.98 Å². The van der Waals surface area contributed by atoms with Gasteiger partial charge in [-0.05, 0) is 41.9 Å². The minimum atomic E-state index is -0.454. The van der Waals surface area contributed by atoms with Crippen LogP contribution >= 0.6 is 15.9 Å². The summed E-state index contributed by atoms with van der Waals surface area (Å²) in [5.41, 5.74) is 0.774. The predicted molar refractivity (Wildman–Crippen MR) is 88.1 cm³/mol. The molecule has 2 aromatic rings. The number of amides is 1. The Morgan fingerprint density at radius 1 is 1.48 bits per heavy atom. The van der Waals surface area contributed by atoms with Crippen LogP contribution in [-0.4, -0.2) is 25.6 Å². The number of carbonyl (C=O) groups excluding carboxylic acids is 1. The van der Waals surface area contributed by atoms with E-state index in [0.717, 1.165) is 4.47 Å². The summed E-state index contributed by atoms with van der Waals surface area (Å²) in [5, 5.41) is 17.9. The van der Waals surface area contributed by atoms with Crippen molar-refractivity contribution in [3.05, 3.63) is 44.3 Å². The summed E-state index contributed by atoms with van der Waals surface area (Å²) in [7, 11) is 0. The van der Waals surface area contributed by atoms with Crippen molar-refractivity contribution in [3.63, 3.8) is 0 Å². The van der Waals surface area contributed by atoms with E-state index in [1.807, 2.05) is 0 Å². The summed E-state index contributed by atoms with van der Waals surface area (Å²) in [6, 6.07) is 3.46. The van der Waals surface area contributed by atoms with Crippen molar-refractivity contribution in [2.24, 2.45) is 5.92 Å². The van der Waals surface area contributed by atoms with E-state index in [1.165, 1.54) is 4.68 Å². The molecule has 23 heavy (non-hydrogen) atoms. The van der Waals surface area contributed by atoms with Crippen LogP contribution in [0, 0.1) is 29.9 Å². The average Bonchev–Trinajstić information content (AvgIpc) is 2.75. The Hall–Kier alpha value is -2.29. The largest absolute Gasteiger partial charge is 0.312 e. The van der Waals surface area contributed by atoms with Gasteiger partial charge in [-0.2, -0.15) is 5.10 Å². The molecule has 1 unspecified atom stereocenters. The smallest absolute Gasteiger partial charge is 0.310 e. The van der Waals surface area contributed by atoms with Crippen LogP contribution in [0.5, 0.6) is 0 Å². The molecule has 0 fully saturated rings. The van der Waals surface area contributed by atoms with Gasteiger partial charge in [-0.15, -0.1) is 0 Å². The molecular formula is C14H16BrN5O3. The summed E-state index contributed by atoms with van der Waals surface area (Å²) in [6.45, 7) is 5.19. The van der Waals surface area contributed by atoms with Crippen molar-refractivity contribution < 1.29 is 9.72 Å². The van der Waals surface area contributed by atoms with Crippen molar-refractivity contribution in [1.29, 1.82) is 0 Å². The van der Waals surface area contributed by atoms with Crippen LogP contribution < -0.4 is 5.32 Å². The molecule has 0 radical (unpaired) electrons. The van der Waals surface area contributed by atoms with Crippen LogP contribution in [0.2, 0.25) is 0 Å². The molecule has 9 heteroatoms. The van der Waals surface area contributed by atoms with Crippen molar-refractivity contribution in [1.82, 2.24) is 14.8 Å². The van der Waals surface area contributed by atoms with Crippen molar-refractivity contribution in [2.75, 3.05) is 5.32 Å². The Morgan fingerprint density at radius 3 is 2.70 bits per heavy atom. The standard InChI is InChI=1S/C14H16BrN5O3/c1-8(14(21)17-12-5-4-11(15)6-16-12)7-19-10(3)13(20(22)23)9(2)18-19/h4-6,8H,7H2,1-3H3,(H,16,17,21). The fourth-order valence-electron chi connectivity index (χ4n) is 2.17. The Labute approximate surface area is 141 Å². The third-order valence-corrected chi connectivity index (χ3v) is 3.87. The molecule has 0 aliphatic rings. The monoisotopic (exact) mass is 381 g/mol. The Bertz CT molecular complexity index is 742. The first-order valence-corrected chi connectivity index (χ1v) is 7.69. The second-order valence-electron chi connectivity index (χ2n) is 5.21. The quantitative estimate of drug-likeness (QED) is 0.633. The molecule has 1 amide bonds. The number of nitrogens with one attached hydrogen (secondary N) is 1. The molecule has 0 spiro atoms. The second-order valence-corrected chi connectivity index (χ2v) is 6.13. The van der Waals surface area contributed by atoms with Gasteiger partial charge in [0.25, 0.3) is 0 Å². The van der Waals surface area contributed by atoms with Gasteiger partial charge >= 0.3 is 5.69 Å². The van der Waals surface area contributed by atoms with Crippen molar-refractivity contribution in [3.8, 4) is 0 Å². The van der Waals surface area contributed by atoms with Gasteiger partial charge in [0.1, 0.15) is 17.2 Å². The molecule has 0 bridgehead atoms. The van der Waals surface area contributed by atoms with Crippen LogP contribution in [0.1, 0.15) is 18.3 Å². The van der Waals surface area contributed by atoms with E-state index in [-0.39, 0.29) is 18.1 Å². The van der Waals surface area contributed by atoms with Crippen LogP contribution in [0.4, 0.5) is 11.5 Å². The fraction of sp³-hybridized carbons (Fsp3) is 0.357. The highest BCUT2D eigenvalue weighted by Crippen LogP contribution is 2.22. The summed E-state index contributed by atoms with van der Waals surface area (Å²) in [6.07, 6.45) is 1.59. The molecule has 2 aromatic heterocycles. The summed E-state index contributed by atoms with van der Waals surface area (Å²) >= 11 is 3.27. The topological polar surface area (TPSA) is 103 Å². The lowest BCUT2D eigenvalue weighted by Crippen LogP contribution is -2.25. The average molecular weight is 382 g/mol. The van der Waals surface area contributed by atoms with Gasteiger partial charge in [0.15, 0.2) is 0 Å². The number of pyridine rings is 1. The lowest BCUT2D eigenvalue weighted by molar-refractivity contribution is -0.386. The van der Waals surface area contributed by atoms with E-state index < -0.39 is 10.8 Å². The summed E-state index contributed by atoms with van der Waals surface area (Å²) < 4.78 is 2.31. The molecule has 122 valence electrons. The lowest BCUT2D eigenvalue weighted by atomic mass is 10.1. The SMILES string of the molecule is Cc1nn(CC(C)C(=O)Nc2ccc(Br)cn2)c(C)c1[N+](=O)[O-]. The van der Waals surface area contributed by atoms with E-state index >= 15 is 0 Å². The molecule has 2 rings (SSSR count). The molecule has 0 aromatic carbocycles. The van der Waals surface area contributed by atoms with Gasteiger partial charge < -0.3 is 5.32 Å². The zero-order valence-electron chi connectivity index (χ0n) is 12.9. The van der Waals surface area contributed by atoms with Gasteiger partial charge in [0, 0.05) is 10.7 Å². The third-order valence-electron chi connectivity index (χ3n) is 3.40. The number of aryl methyl sites for hydroxylation is 1. The van der Waals surface area contributed by atoms with E-state index in [1.54, 1.807) is 39.1 Å². The van der Waals surface area contributed by atoms with Crippen molar-refractivity contribution in [2.45, 2.75) is 27.3 Å². The maximum absolute atomic E-state index is 12.2. The van der Waals surface area contributed by atoms with Crippen LogP contribution in [0.25, 0.3) is 0 Å². The Balaban J connectivity index is 2.08. The normalized spacial score (nSPS) is 12.0. The molecular weight excluding hydrogens is 366 g/mol. The van der Waals surface area contributed by atoms with E-state index in [4.69, 9.17) is 0 Å². The number of hydrogen-bond acceptors (Lipinski definition) is 5. The number of nitro groups is 1. The highest BCUT2D eigenvalue weighted by molar-refractivity contribution is 9.10. The van der Waals surface area contributed by atoms with Crippen LogP contribution in [0.3, 0.4) is 0 Å². The van der Waals surface area contributed by atoms with E-state index in [0.29, 0.717) is 17.2 Å². The van der Waals surface area contributed by atoms with Gasteiger partial charge in [0.2, 0.25) is 5.91 Å². The van der Waals surface area contributed by atoms with Crippen molar-refractivity contribution >= 4 is 33.3 Å². The van der Waals surface area contributed by atoms with Gasteiger partial charge in [0.05, 0.1) is 17.4 Å². The minimum Gasteiger partial charge on any atom is -0.310 e. The second kappa shape index (κ2) is 6.86. The lowest BCUT2D eigenvalue weighted by Gasteiger charge is -2.12. The molecule has 0 aliphatic heterocycles.